The largest absolute Gasteiger partial charge is 0.483 e. The van der Waals surface area contributed by atoms with Crippen LogP contribution in [0, 0.1) is 13.8 Å². The molecule has 7 heteroatoms. The van der Waals surface area contributed by atoms with Crippen LogP contribution < -0.4 is 14.8 Å². The average molecular weight is 348 g/mol. The van der Waals surface area contributed by atoms with Crippen molar-refractivity contribution in [1.29, 1.82) is 0 Å². The van der Waals surface area contributed by atoms with Crippen LogP contribution >= 0.6 is 0 Å². The van der Waals surface area contributed by atoms with Gasteiger partial charge in [-0.05, 0) is 49.2 Å². The van der Waals surface area contributed by atoms with E-state index in [0.29, 0.717) is 17.1 Å². The number of amides is 1. The molecule has 2 N–H and O–H groups in total. The summed E-state index contributed by atoms with van der Waals surface area (Å²) in [6.07, 6.45) is 1.07. The molecule has 2 aromatic carbocycles. The number of anilines is 2. The Bertz CT molecular complexity index is 847. The number of carbonyl (C=O) groups excluding carboxylic acids is 1. The second-order valence-electron chi connectivity index (χ2n) is 5.56. The number of carbonyl (C=O) groups is 1. The van der Waals surface area contributed by atoms with Gasteiger partial charge in [0.1, 0.15) is 5.75 Å². The number of nitrogens with one attached hydrogen (secondary N) is 2. The van der Waals surface area contributed by atoms with Crippen molar-refractivity contribution in [2.75, 3.05) is 22.9 Å². The molecule has 0 saturated carbocycles. The zero-order valence-corrected chi connectivity index (χ0v) is 14.6. The van der Waals surface area contributed by atoms with Gasteiger partial charge in [-0.15, -0.1) is 0 Å². The molecule has 24 heavy (non-hydrogen) atoms. The molecule has 0 aliphatic carbocycles. The van der Waals surface area contributed by atoms with Crippen molar-refractivity contribution in [2.24, 2.45) is 0 Å². The number of rotatable bonds is 6. The summed E-state index contributed by atoms with van der Waals surface area (Å²) < 4.78 is 30.4. The van der Waals surface area contributed by atoms with Gasteiger partial charge in [0.2, 0.25) is 10.0 Å². The molecule has 0 aromatic heterocycles. The van der Waals surface area contributed by atoms with E-state index in [1.165, 1.54) is 6.07 Å². The summed E-state index contributed by atoms with van der Waals surface area (Å²) in [4.78, 5) is 12.0. The number of benzene rings is 2. The van der Waals surface area contributed by atoms with Gasteiger partial charge in [-0.2, -0.15) is 0 Å². The lowest BCUT2D eigenvalue weighted by atomic mass is 10.1. The van der Waals surface area contributed by atoms with Crippen molar-refractivity contribution in [3.63, 3.8) is 0 Å². The monoisotopic (exact) mass is 348 g/mol. The fourth-order valence-electron chi connectivity index (χ4n) is 2.08. The van der Waals surface area contributed by atoms with Crippen LogP contribution in [-0.2, 0) is 14.8 Å². The predicted molar refractivity (Wildman–Crippen MR) is 94.9 cm³/mol. The van der Waals surface area contributed by atoms with Crippen LogP contribution in [0.3, 0.4) is 0 Å². The highest BCUT2D eigenvalue weighted by Crippen LogP contribution is 2.19. The molecule has 0 spiro atoms. The van der Waals surface area contributed by atoms with Crippen LogP contribution in [0.25, 0.3) is 0 Å². The second kappa shape index (κ2) is 7.35. The van der Waals surface area contributed by atoms with Crippen LogP contribution in [0.4, 0.5) is 11.4 Å². The van der Waals surface area contributed by atoms with Gasteiger partial charge in [0.05, 0.1) is 11.9 Å². The topological polar surface area (TPSA) is 84.5 Å². The molecular formula is C17H20N2O4S. The summed E-state index contributed by atoms with van der Waals surface area (Å²) in [6.45, 7) is 3.73. The molecule has 0 heterocycles. The van der Waals surface area contributed by atoms with E-state index in [1.54, 1.807) is 18.2 Å². The van der Waals surface area contributed by atoms with Crippen LogP contribution in [0.15, 0.2) is 42.5 Å². The predicted octanol–water partition coefficient (Wildman–Crippen LogP) is 2.69. The first-order chi connectivity index (χ1) is 11.2. The highest BCUT2D eigenvalue weighted by molar-refractivity contribution is 7.92. The molecule has 0 fully saturated rings. The molecule has 1 amide bonds. The molecule has 0 saturated heterocycles. The first-order valence-electron chi connectivity index (χ1n) is 7.31. The summed E-state index contributed by atoms with van der Waals surface area (Å²) in [6, 6.07) is 12.2. The molecule has 0 radical (unpaired) electrons. The molecule has 0 aliphatic rings. The van der Waals surface area contributed by atoms with Crippen LogP contribution in [0.1, 0.15) is 11.1 Å². The first kappa shape index (κ1) is 17.8. The maximum Gasteiger partial charge on any atom is 0.262 e. The third-order valence-electron chi connectivity index (χ3n) is 3.15. The van der Waals surface area contributed by atoms with Crippen LogP contribution in [0.5, 0.6) is 5.75 Å². The molecule has 6 nitrogen and oxygen atoms in total. The van der Waals surface area contributed by atoms with Gasteiger partial charge < -0.3 is 10.1 Å². The van der Waals surface area contributed by atoms with Crippen molar-refractivity contribution in [1.82, 2.24) is 0 Å². The SMILES string of the molecule is Cc1ccc(C)c(OCC(=O)Nc2cccc(NS(C)(=O)=O)c2)c1. The molecule has 0 atom stereocenters. The Morgan fingerprint density at radius 1 is 1.08 bits per heavy atom. The van der Waals surface area contributed by atoms with E-state index in [9.17, 15) is 13.2 Å². The van der Waals surface area contributed by atoms with E-state index in [0.717, 1.165) is 17.4 Å². The second-order valence-corrected chi connectivity index (χ2v) is 7.31. The van der Waals surface area contributed by atoms with Crippen molar-refractivity contribution >= 4 is 27.3 Å². The normalized spacial score (nSPS) is 11.0. The van der Waals surface area contributed by atoms with Gasteiger partial charge in [-0.3, -0.25) is 9.52 Å². The molecule has 128 valence electrons. The molecule has 2 aromatic rings. The summed E-state index contributed by atoms with van der Waals surface area (Å²) in [5, 5.41) is 2.67. The Kier molecular flexibility index (Phi) is 5.46. The summed E-state index contributed by atoms with van der Waals surface area (Å²) in [5.74, 6) is 0.338. The number of sulfonamides is 1. The third-order valence-corrected chi connectivity index (χ3v) is 3.76. The Labute approximate surface area is 141 Å². The van der Waals surface area contributed by atoms with E-state index >= 15 is 0 Å². The number of aryl methyl sites for hydroxylation is 2. The lowest BCUT2D eigenvalue weighted by Gasteiger charge is -2.11. The third kappa shape index (κ3) is 5.58. The minimum atomic E-state index is -3.36. The van der Waals surface area contributed by atoms with Gasteiger partial charge in [0.15, 0.2) is 6.61 Å². The summed E-state index contributed by atoms with van der Waals surface area (Å²) in [7, 11) is -3.36. The van der Waals surface area contributed by atoms with Crippen molar-refractivity contribution in [3.05, 3.63) is 53.6 Å². The standard InChI is InChI=1S/C17H20N2O4S/c1-12-7-8-13(2)16(9-12)23-11-17(20)18-14-5-4-6-15(10-14)19-24(3,21)22/h4-10,19H,11H2,1-3H3,(H,18,20). The van der Waals surface area contributed by atoms with Crippen LogP contribution in [-0.4, -0.2) is 27.2 Å². The average Bonchev–Trinajstić information content (AvgIpc) is 2.47. The summed E-state index contributed by atoms with van der Waals surface area (Å²) >= 11 is 0. The molecule has 0 unspecified atom stereocenters. The van der Waals surface area contributed by atoms with E-state index in [1.807, 2.05) is 32.0 Å². The zero-order chi connectivity index (χ0) is 17.7. The highest BCUT2D eigenvalue weighted by Gasteiger charge is 2.07. The van der Waals surface area contributed by atoms with E-state index in [4.69, 9.17) is 4.74 Å². The highest BCUT2D eigenvalue weighted by atomic mass is 32.2. The maximum absolute atomic E-state index is 12.0. The lowest BCUT2D eigenvalue weighted by Crippen LogP contribution is -2.20. The maximum atomic E-state index is 12.0. The van der Waals surface area contributed by atoms with Crippen molar-refractivity contribution in [3.8, 4) is 5.75 Å². The number of hydrogen-bond donors (Lipinski definition) is 2. The zero-order valence-electron chi connectivity index (χ0n) is 13.8. The van der Waals surface area contributed by atoms with Gasteiger partial charge in [0.25, 0.3) is 5.91 Å². The molecule has 0 aliphatic heterocycles. The Morgan fingerprint density at radius 3 is 2.50 bits per heavy atom. The fraction of sp³-hybridized carbons (Fsp3) is 0.235. The van der Waals surface area contributed by atoms with E-state index in [2.05, 4.69) is 10.0 Å². The van der Waals surface area contributed by atoms with Crippen LogP contribution in [0.2, 0.25) is 0 Å². The molecule has 2 rings (SSSR count). The minimum Gasteiger partial charge on any atom is -0.483 e. The molecular weight excluding hydrogens is 328 g/mol. The van der Waals surface area contributed by atoms with Gasteiger partial charge in [-0.1, -0.05) is 18.2 Å². The summed E-state index contributed by atoms with van der Waals surface area (Å²) in [5.41, 5.74) is 2.87. The first-order valence-corrected chi connectivity index (χ1v) is 9.20. The quantitative estimate of drug-likeness (QED) is 0.840. The van der Waals surface area contributed by atoms with E-state index in [-0.39, 0.29) is 12.5 Å². The fourth-order valence-corrected chi connectivity index (χ4v) is 2.63. The van der Waals surface area contributed by atoms with Crippen molar-refractivity contribution in [2.45, 2.75) is 13.8 Å². The molecule has 0 bridgehead atoms. The van der Waals surface area contributed by atoms with Gasteiger partial charge >= 0.3 is 0 Å². The van der Waals surface area contributed by atoms with E-state index < -0.39 is 10.0 Å². The number of ether oxygens (including phenoxy) is 1. The Morgan fingerprint density at radius 2 is 1.79 bits per heavy atom. The lowest BCUT2D eigenvalue weighted by molar-refractivity contribution is -0.118. The smallest absolute Gasteiger partial charge is 0.262 e. The number of hydrogen-bond acceptors (Lipinski definition) is 4. The minimum absolute atomic E-state index is 0.131. The Balaban J connectivity index is 1.97. The van der Waals surface area contributed by atoms with Gasteiger partial charge in [0, 0.05) is 5.69 Å². The Hall–Kier alpha value is -2.54. The van der Waals surface area contributed by atoms with Gasteiger partial charge in [-0.25, -0.2) is 8.42 Å². The van der Waals surface area contributed by atoms with Crippen molar-refractivity contribution < 1.29 is 17.9 Å².